The molecule has 164 valence electrons. The first-order valence-electron chi connectivity index (χ1n) is 10.00. The molecule has 1 aliphatic rings. The fraction of sp³-hybridized carbons (Fsp3) is 0.304. The second kappa shape index (κ2) is 10.2. The van der Waals surface area contributed by atoms with E-state index in [1.54, 1.807) is 12.1 Å². The van der Waals surface area contributed by atoms with Gasteiger partial charge in [-0.2, -0.15) is 0 Å². The summed E-state index contributed by atoms with van der Waals surface area (Å²) in [5.41, 5.74) is 3.06. The number of ether oxygens (including phenoxy) is 3. The second-order valence-electron chi connectivity index (χ2n) is 7.10. The van der Waals surface area contributed by atoms with Crippen LogP contribution in [-0.2, 0) is 4.79 Å². The van der Waals surface area contributed by atoms with Gasteiger partial charge in [-0.3, -0.25) is 10.1 Å². The minimum absolute atomic E-state index is 0.140. The van der Waals surface area contributed by atoms with Crippen LogP contribution in [0.5, 0.6) is 17.2 Å². The van der Waals surface area contributed by atoms with E-state index in [4.69, 9.17) is 25.8 Å². The Labute approximate surface area is 186 Å². The molecule has 0 unspecified atom stereocenters. The van der Waals surface area contributed by atoms with Gasteiger partial charge < -0.3 is 19.5 Å². The summed E-state index contributed by atoms with van der Waals surface area (Å²) in [5, 5.41) is 4.94. The highest BCUT2D eigenvalue weighted by atomic mass is 35.5. The number of carbonyl (C=O) groups is 2. The lowest BCUT2D eigenvalue weighted by atomic mass is 10.1. The Morgan fingerprint density at radius 3 is 2.29 bits per heavy atom. The number of imide groups is 1. The maximum absolute atomic E-state index is 11.7. The van der Waals surface area contributed by atoms with Crippen LogP contribution in [0.2, 0.25) is 5.02 Å². The van der Waals surface area contributed by atoms with Gasteiger partial charge in [-0.25, -0.2) is 4.79 Å². The lowest BCUT2D eigenvalue weighted by Crippen LogP contribution is -2.22. The first-order valence-corrected chi connectivity index (χ1v) is 10.4. The molecule has 3 rings (SSSR count). The van der Waals surface area contributed by atoms with Gasteiger partial charge in [0.05, 0.1) is 24.8 Å². The smallest absolute Gasteiger partial charge is 0.326 e. The van der Waals surface area contributed by atoms with Crippen molar-refractivity contribution >= 4 is 29.6 Å². The first kappa shape index (κ1) is 22.5. The van der Waals surface area contributed by atoms with Gasteiger partial charge in [0.15, 0.2) is 11.5 Å². The van der Waals surface area contributed by atoms with E-state index >= 15 is 0 Å². The summed E-state index contributed by atoms with van der Waals surface area (Å²) >= 11 is 6.41. The SMILES string of the molecule is CCOc1cc(C=C2NC(=O)NC2=O)cc(Cl)c1OCCCOc1cc(C)cc(C)c1. The van der Waals surface area contributed by atoms with Crippen molar-refractivity contribution in [2.45, 2.75) is 27.2 Å². The van der Waals surface area contributed by atoms with Gasteiger partial charge in [-0.1, -0.05) is 17.7 Å². The zero-order chi connectivity index (χ0) is 22.4. The molecular formula is C23H25ClN2O5. The Morgan fingerprint density at radius 2 is 1.65 bits per heavy atom. The molecule has 2 N–H and O–H groups in total. The molecule has 3 amide bonds. The molecule has 0 atom stereocenters. The molecule has 1 fully saturated rings. The standard InChI is InChI=1S/C23H25ClN2O5/c1-4-29-20-13-16(12-19-22(27)26-23(28)25-19)11-18(24)21(20)31-7-5-6-30-17-9-14(2)8-15(3)10-17/h8-13H,4-7H2,1-3H3,(H2,25,26,27,28). The fourth-order valence-corrected chi connectivity index (χ4v) is 3.44. The zero-order valence-electron chi connectivity index (χ0n) is 17.7. The lowest BCUT2D eigenvalue weighted by Gasteiger charge is -2.15. The number of hydrogen-bond acceptors (Lipinski definition) is 5. The molecule has 0 radical (unpaired) electrons. The van der Waals surface area contributed by atoms with E-state index in [2.05, 4.69) is 16.7 Å². The third-order valence-corrected chi connectivity index (χ3v) is 4.64. The zero-order valence-corrected chi connectivity index (χ0v) is 18.5. The van der Waals surface area contributed by atoms with Crippen LogP contribution < -0.4 is 24.8 Å². The molecule has 1 heterocycles. The van der Waals surface area contributed by atoms with E-state index in [0.717, 1.165) is 16.9 Å². The molecule has 1 aliphatic heterocycles. The maximum Gasteiger partial charge on any atom is 0.326 e. The van der Waals surface area contributed by atoms with Crippen molar-refractivity contribution in [1.29, 1.82) is 0 Å². The molecule has 0 saturated carbocycles. The fourth-order valence-electron chi connectivity index (χ4n) is 3.16. The van der Waals surface area contributed by atoms with Gasteiger partial charge in [-0.15, -0.1) is 0 Å². The van der Waals surface area contributed by atoms with Crippen LogP contribution in [0, 0.1) is 13.8 Å². The number of amides is 3. The Hall–Kier alpha value is -3.19. The van der Waals surface area contributed by atoms with Crippen LogP contribution in [0.4, 0.5) is 4.79 Å². The summed E-state index contributed by atoms with van der Waals surface area (Å²) < 4.78 is 17.3. The van der Waals surface area contributed by atoms with Crippen LogP contribution in [-0.4, -0.2) is 31.8 Å². The van der Waals surface area contributed by atoms with E-state index < -0.39 is 11.9 Å². The molecular weight excluding hydrogens is 420 g/mol. The van der Waals surface area contributed by atoms with Crippen LogP contribution in [0.1, 0.15) is 30.0 Å². The van der Waals surface area contributed by atoms with Crippen molar-refractivity contribution in [3.63, 3.8) is 0 Å². The van der Waals surface area contributed by atoms with Crippen LogP contribution in [0.15, 0.2) is 36.0 Å². The van der Waals surface area contributed by atoms with Crippen molar-refractivity contribution in [3.05, 3.63) is 57.7 Å². The quantitative estimate of drug-likeness (QED) is 0.340. The predicted molar refractivity (Wildman–Crippen MR) is 119 cm³/mol. The number of benzene rings is 2. The third kappa shape index (κ3) is 6.15. The molecule has 2 aromatic carbocycles. The Kier molecular flexibility index (Phi) is 7.41. The van der Waals surface area contributed by atoms with E-state index in [1.165, 1.54) is 6.08 Å². The molecule has 8 heteroatoms. The predicted octanol–water partition coefficient (Wildman–Crippen LogP) is 4.38. The molecule has 0 spiro atoms. The Bertz CT molecular complexity index is 999. The summed E-state index contributed by atoms with van der Waals surface area (Å²) in [5.74, 6) is 1.23. The number of rotatable bonds is 9. The summed E-state index contributed by atoms with van der Waals surface area (Å²) in [6.45, 7) is 7.23. The number of urea groups is 1. The second-order valence-corrected chi connectivity index (χ2v) is 7.51. The Morgan fingerprint density at radius 1 is 0.935 bits per heavy atom. The molecule has 0 bridgehead atoms. The molecule has 0 aromatic heterocycles. The molecule has 31 heavy (non-hydrogen) atoms. The van der Waals surface area contributed by atoms with Crippen molar-refractivity contribution in [2.75, 3.05) is 19.8 Å². The van der Waals surface area contributed by atoms with Gasteiger partial charge in [0, 0.05) is 6.42 Å². The van der Waals surface area contributed by atoms with Gasteiger partial charge in [0.2, 0.25) is 0 Å². The summed E-state index contributed by atoms with van der Waals surface area (Å²) in [7, 11) is 0. The lowest BCUT2D eigenvalue weighted by molar-refractivity contribution is -0.115. The highest BCUT2D eigenvalue weighted by molar-refractivity contribution is 6.32. The van der Waals surface area contributed by atoms with Crippen LogP contribution in [0.3, 0.4) is 0 Å². The largest absolute Gasteiger partial charge is 0.493 e. The topological polar surface area (TPSA) is 85.9 Å². The van der Waals surface area contributed by atoms with Gasteiger partial charge >= 0.3 is 6.03 Å². The van der Waals surface area contributed by atoms with Crippen LogP contribution in [0.25, 0.3) is 6.08 Å². The summed E-state index contributed by atoms with van der Waals surface area (Å²) in [6.07, 6.45) is 2.18. The van der Waals surface area contributed by atoms with E-state index in [0.29, 0.717) is 48.3 Å². The summed E-state index contributed by atoms with van der Waals surface area (Å²) in [6, 6.07) is 8.89. The average molecular weight is 445 g/mol. The highest BCUT2D eigenvalue weighted by Gasteiger charge is 2.23. The van der Waals surface area contributed by atoms with Gasteiger partial charge in [-0.05, 0) is 67.8 Å². The third-order valence-electron chi connectivity index (χ3n) is 4.36. The van der Waals surface area contributed by atoms with E-state index in [-0.39, 0.29) is 5.70 Å². The van der Waals surface area contributed by atoms with Gasteiger partial charge in [0.1, 0.15) is 11.4 Å². The number of aryl methyl sites for hydroxylation is 2. The van der Waals surface area contributed by atoms with Crippen molar-refractivity contribution < 1.29 is 23.8 Å². The number of halogens is 1. The van der Waals surface area contributed by atoms with Crippen molar-refractivity contribution in [3.8, 4) is 17.2 Å². The average Bonchev–Trinajstić information content (AvgIpc) is 2.99. The molecule has 2 aromatic rings. The van der Waals surface area contributed by atoms with Crippen molar-refractivity contribution in [1.82, 2.24) is 10.6 Å². The minimum Gasteiger partial charge on any atom is -0.493 e. The number of carbonyl (C=O) groups excluding carboxylic acids is 2. The van der Waals surface area contributed by atoms with Gasteiger partial charge in [0.25, 0.3) is 5.91 Å². The number of nitrogens with one attached hydrogen (secondary N) is 2. The number of hydrogen-bond donors (Lipinski definition) is 2. The Balaban J connectivity index is 1.63. The first-order chi connectivity index (χ1) is 14.9. The molecule has 1 saturated heterocycles. The summed E-state index contributed by atoms with van der Waals surface area (Å²) in [4.78, 5) is 23.0. The maximum atomic E-state index is 11.7. The minimum atomic E-state index is -0.560. The molecule has 7 nitrogen and oxygen atoms in total. The molecule has 0 aliphatic carbocycles. The van der Waals surface area contributed by atoms with E-state index in [1.807, 2.05) is 32.9 Å². The highest BCUT2D eigenvalue weighted by Crippen LogP contribution is 2.37. The normalized spacial score (nSPS) is 14.4. The monoisotopic (exact) mass is 444 g/mol. The van der Waals surface area contributed by atoms with Crippen LogP contribution >= 0.6 is 11.6 Å². The van der Waals surface area contributed by atoms with E-state index in [9.17, 15) is 9.59 Å². The van der Waals surface area contributed by atoms with Crippen molar-refractivity contribution in [2.24, 2.45) is 0 Å².